The Morgan fingerprint density at radius 3 is 2.46 bits per heavy atom. The third-order valence-electron chi connectivity index (χ3n) is 6.27. The van der Waals surface area contributed by atoms with Gasteiger partial charge in [0.1, 0.15) is 5.82 Å². The second-order valence-corrected chi connectivity index (χ2v) is 10.5. The minimum Gasteiger partial charge on any atom is -0.368 e. The van der Waals surface area contributed by atoms with Crippen molar-refractivity contribution in [2.45, 2.75) is 50.1 Å². The molecule has 1 amide bonds. The average molecular weight is 412 g/mol. The SMILES string of the molecule is CC(C)C[C@@H](C(N)=O)N(C)[C@H]1CC[C@@H]2CN(S(=O)(=O)c3ccc(F)cc3)C[C@@H]21. The molecule has 1 heterocycles. The molecule has 4 atom stereocenters. The largest absolute Gasteiger partial charge is 0.368 e. The van der Waals surface area contributed by atoms with Crippen LogP contribution in [0.3, 0.4) is 0 Å². The van der Waals surface area contributed by atoms with Crippen LogP contribution in [0.1, 0.15) is 33.1 Å². The molecule has 0 bridgehead atoms. The summed E-state index contributed by atoms with van der Waals surface area (Å²) in [6.45, 7) is 5.02. The van der Waals surface area contributed by atoms with E-state index in [0.717, 1.165) is 12.8 Å². The number of hydrogen-bond acceptors (Lipinski definition) is 4. The molecule has 0 aromatic heterocycles. The molecule has 0 spiro atoms. The van der Waals surface area contributed by atoms with Crippen LogP contribution in [0.5, 0.6) is 0 Å². The Morgan fingerprint density at radius 2 is 1.89 bits per heavy atom. The Kier molecular flexibility index (Phi) is 6.12. The Hall–Kier alpha value is -1.51. The summed E-state index contributed by atoms with van der Waals surface area (Å²) in [5, 5.41) is 0. The zero-order valence-corrected chi connectivity index (χ0v) is 17.5. The minimum atomic E-state index is -3.65. The highest BCUT2D eigenvalue weighted by Crippen LogP contribution is 2.42. The lowest BCUT2D eigenvalue weighted by atomic mass is 9.94. The van der Waals surface area contributed by atoms with Gasteiger partial charge in [0.25, 0.3) is 0 Å². The number of halogens is 1. The van der Waals surface area contributed by atoms with Gasteiger partial charge in [-0.15, -0.1) is 0 Å². The fourth-order valence-corrected chi connectivity index (χ4v) is 6.35. The van der Waals surface area contributed by atoms with Gasteiger partial charge >= 0.3 is 0 Å². The van der Waals surface area contributed by atoms with Gasteiger partial charge in [-0.2, -0.15) is 4.31 Å². The lowest BCUT2D eigenvalue weighted by Crippen LogP contribution is -2.50. The minimum absolute atomic E-state index is 0.119. The number of rotatable bonds is 7. The van der Waals surface area contributed by atoms with Crippen LogP contribution in [0.4, 0.5) is 4.39 Å². The van der Waals surface area contributed by atoms with Crippen molar-refractivity contribution in [2.75, 3.05) is 20.1 Å². The summed E-state index contributed by atoms with van der Waals surface area (Å²) in [6, 6.07) is 4.76. The van der Waals surface area contributed by atoms with Crippen LogP contribution in [0.2, 0.25) is 0 Å². The van der Waals surface area contributed by atoms with Gasteiger partial charge in [0.15, 0.2) is 0 Å². The maximum Gasteiger partial charge on any atom is 0.243 e. The molecular formula is C20H30FN3O3S. The Bertz CT molecular complexity index is 812. The molecule has 8 heteroatoms. The van der Waals surface area contributed by atoms with Crippen LogP contribution in [-0.4, -0.2) is 55.8 Å². The van der Waals surface area contributed by atoms with E-state index in [2.05, 4.69) is 18.7 Å². The first-order valence-corrected chi connectivity index (χ1v) is 11.3. The van der Waals surface area contributed by atoms with Crippen molar-refractivity contribution >= 4 is 15.9 Å². The molecule has 1 aromatic carbocycles. The number of carbonyl (C=O) groups excluding carboxylic acids is 1. The van der Waals surface area contributed by atoms with E-state index in [9.17, 15) is 17.6 Å². The number of primary amides is 1. The summed E-state index contributed by atoms with van der Waals surface area (Å²) in [5.41, 5.74) is 5.66. The summed E-state index contributed by atoms with van der Waals surface area (Å²) in [7, 11) is -1.71. The monoisotopic (exact) mass is 411 g/mol. The molecular weight excluding hydrogens is 381 g/mol. The topological polar surface area (TPSA) is 83.7 Å². The van der Waals surface area contributed by atoms with E-state index in [1.54, 1.807) is 0 Å². The van der Waals surface area contributed by atoms with E-state index in [-0.39, 0.29) is 34.7 Å². The molecule has 3 rings (SSSR count). The molecule has 1 aliphatic carbocycles. The number of nitrogens with two attached hydrogens (primary N) is 1. The van der Waals surface area contributed by atoms with Gasteiger partial charge in [-0.1, -0.05) is 13.8 Å². The summed E-state index contributed by atoms with van der Waals surface area (Å²) in [5.74, 6) is 0.00980. The van der Waals surface area contributed by atoms with Crippen molar-refractivity contribution in [1.82, 2.24) is 9.21 Å². The Labute approximate surface area is 166 Å². The van der Waals surface area contributed by atoms with Crippen molar-refractivity contribution in [2.24, 2.45) is 23.5 Å². The Balaban J connectivity index is 1.76. The first-order chi connectivity index (χ1) is 13.1. The fourth-order valence-electron chi connectivity index (χ4n) is 4.81. The average Bonchev–Trinajstić information content (AvgIpc) is 3.20. The second-order valence-electron chi connectivity index (χ2n) is 8.56. The quantitative estimate of drug-likeness (QED) is 0.744. The zero-order valence-electron chi connectivity index (χ0n) is 16.7. The van der Waals surface area contributed by atoms with Gasteiger partial charge in [0, 0.05) is 19.1 Å². The second kappa shape index (κ2) is 8.08. The van der Waals surface area contributed by atoms with E-state index in [0.29, 0.717) is 25.4 Å². The van der Waals surface area contributed by atoms with Gasteiger partial charge in [-0.25, -0.2) is 12.8 Å². The molecule has 2 aliphatic rings. The van der Waals surface area contributed by atoms with Crippen LogP contribution in [0, 0.1) is 23.6 Å². The van der Waals surface area contributed by atoms with Crippen molar-refractivity contribution < 1.29 is 17.6 Å². The third kappa shape index (κ3) is 4.09. The maximum atomic E-state index is 13.2. The third-order valence-corrected chi connectivity index (χ3v) is 8.12. The molecule has 1 saturated heterocycles. The first-order valence-electron chi connectivity index (χ1n) is 9.88. The number of likely N-dealkylation sites (N-methyl/N-ethyl adjacent to an activating group) is 1. The Morgan fingerprint density at radius 1 is 1.25 bits per heavy atom. The maximum absolute atomic E-state index is 13.2. The molecule has 6 nitrogen and oxygen atoms in total. The molecule has 1 aromatic rings. The number of carbonyl (C=O) groups is 1. The number of amides is 1. The number of benzene rings is 1. The number of hydrogen-bond donors (Lipinski definition) is 1. The van der Waals surface area contributed by atoms with E-state index in [4.69, 9.17) is 5.73 Å². The van der Waals surface area contributed by atoms with Gasteiger partial charge in [-0.05, 0) is 68.3 Å². The first kappa shape index (κ1) is 21.2. The molecule has 28 heavy (non-hydrogen) atoms. The van der Waals surface area contributed by atoms with Crippen LogP contribution in [0.15, 0.2) is 29.2 Å². The normalized spacial score (nSPS) is 26.7. The summed E-state index contributed by atoms with van der Waals surface area (Å²) in [6.07, 6.45) is 2.57. The summed E-state index contributed by atoms with van der Waals surface area (Å²) in [4.78, 5) is 14.2. The van der Waals surface area contributed by atoms with Crippen molar-refractivity contribution in [3.05, 3.63) is 30.1 Å². The highest BCUT2D eigenvalue weighted by molar-refractivity contribution is 7.89. The smallest absolute Gasteiger partial charge is 0.243 e. The van der Waals surface area contributed by atoms with Gasteiger partial charge in [0.05, 0.1) is 10.9 Å². The van der Waals surface area contributed by atoms with Crippen LogP contribution in [0.25, 0.3) is 0 Å². The van der Waals surface area contributed by atoms with E-state index >= 15 is 0 Å². The predicted octanol–water partition coefficient (Wildman–Crippen LogP) is 2.06. The molecule has 2 N–H and O–H groups in total. The molecule has 1 saturated carbocycles. The molecule has 0 radical (unpaired) electrons. The van der Waals surface area contributed by atoms with Crippen LogP contribution < -0.4 is 5.73 Å². The fraction of sp³-hybridized carbons (Fsp3) is 0.650. The summed E-state index contributed by atoms with van der Waals surface area (Å²) >= 11 is 0. The van der Waals surface area contributed by atoms with Gasteiger partial charge in [0.2, 0.25) is 15.9 Å². The molecule has 1 aliphatic heterocycles. The zero-order chi connectivity index (χ0) is 20.6. The van der Waals surface area contributed by atoms with Crippen molar-refractivity contribution in [1.29, 1.82) is 0 Å². The highest BCUT2D eigenvalue weighted by atomic mass is 32.2. The van der Waals surface area contributed by atoms with Gasteiger partial charge in [-0.3, -0.25) is 9.69 Å². The lowest BCUT2D eigenvalue weighted by molar-refractivity contribution is -0.124. The lowest BCUT2D eigenvalue weighted by Gasteiger charge is -2.35. The van der Waals surface area contributed by atoms with Crippen LogP contribution in [-0.2, 0) is 14.8 Å². The highest BCUT2D eigenvalue weighted by Gasteiger charge is 2.48. The van der Waals surface area contributed by atoms with E-state index < -0.39 is 15.8 Å². The van der Waals surface area contributed by atoms with Crippen molar-refractivity contribution in [3.8, 4) is 0 Å². The molecule has 156 valence electrons. The number of nitrogens with zero attached hydrogens (tertiary/aromatic N) is 2. The number of sulfonamides is 1. The summed E-state index contributed by atoms with van der Waals surface area (Å²) < 4.78 is 40.6. The van der Waals surface area contributed by atoms with E-state index in [1.807, 2.05) is 7.05 Å². The van der Waals surface area contributed by atoms with Crippen molar-refractivity contribution in [3.63, 3.8) is 0 Å². The molecule has 0 unspecified atom stereocenters. The van der Waals surface area contributed by atoms with Crippen LogP contribution >= 0.6 is 0 Å². The predicted molar refractivity (Wildman–Crippen MR) is 105 cm³/mol. The standard InChI is InChI=1S/C20H30FN3O3S/c1-13(2)10-19(20(22)25)23(3)18-9-4-14-11-24(12-17(14)18)28(26,27)16-7-5-15(21)6-8-16/h5-8,13-14,17-19H,4,9-12H2,1-3H3,(H2,22,25)/t14-,17+,18+,19+/m1/s1. The number of fused-ring (bicyclic) bond motifs is 1. The van der Waals surface area contributed by atoms with Gasteiger partial charge < -0.3 is 5.73 Å². The molecule has 2 fully saturated rings. The van der Waals surface area contributed by atoms with E-state index in [1.165, 1.54) is 28.6 Å².